The van der Waals surface area contributed by atoms with Crippen LogP contribution in [0.15, 0.2) is 40.7 Å². The maximum atomic E-state index is 14.2. The number of carbonyl (C=O) groups is 2. The van der Waals surface area contributed by atoms with Crippen LogP contribution in [0.4, 0.5) is 4.39 Å². The fraction of sp³-hybridized carbons (Fsp3) is 0.267. The summed E-state index contributed by atoms with van der Waals surface area (Å²) in [5.41, 5.74) is 5.10. The van der Waals surface area contributed by atoms with Crippen LogP contribution in [0, 0.1) is 11.7 Å². The molecule has 7 nitrogen and oxygen atoms in total. The van der Waals surface area contributed by atoms with Crippen molar-refractivity contribution in [2.45, 2.75) is 12.8 Å². The Labute approximate surface area is 130 Å². The minimum atomic E-state index is -1.48. The summed E-state index contributed by atoms with van der Waals surface area (Å²) in [6.45, 7) is 1.73. The van der Waals surface area contributed by atoms with Gasteiger partial charge in [0.1, 0.15) is 17.6 Å². The molecule has 0 bridgehead atoms. The van der Waals surface area contributed by atoms with E-state index in [9.17, 15) is 24.2 Å². The van der Waals surface area contributed by atoms with Gasteiger partial charge in [-0.2, -0.15) is 4.99 Å². The topological polar surface area (TPSA) is 122 Å². The van der Waals surface area contributed by atoms with Crippen LogP contribution in [-0.2, 0) is 14.3 Å². The Morgan fingerprint density at radius 2 is 2.00 bits per heavy atom. The molecule has 0 aliphatic carbocycles. The lowest BCUT2D eigenvalue weighted by atomic mass is 9.78. The fourth-order valence-corrected chi connectivity index (χ4v) is 2.54. The van der Waals surface area contributed by atoms with Gasteiger partial charge in [0.2, 0.25) is 5.90 Å². The number of aliphatic carboxylic acids is 2. The lowest BCUT2D eigenvalue weighted by Gasteiger charge is -2.29. The Kier molecular flexibility index (Phi) is 4.63. The minimum Gasteiger partial charge on any atom is -0.481 e. The van der Waals surface area contributed by atoms with Crippen molar-refractivity contribution in [2.24, 2.45) is 16.6 Å². The summed E-state index contributed by atoms with van der Waals surface area (Å²) in [6.07, 6.45) is 0. The van der Waals surface area contributed by atoms with Crippen LogP contribution in [0.1, 0.15) is 18.4 Å². The van der Waals surface area contributed by atoms with Crippen molar-refractivity contribution in [2.75, 3.05) is 6.61 Å². The molecule has 0 saturated carbocycles. The second-order valence-electron chi connectivity index (χ2n) is 4.80. The van der Waals surface area contributed by atoms with Crippen molar-refractivity contribution < 1.29 is 28.9 Å². The smallest absolute Gasteiger partial charge is 0.335 e. The van der Waals surface area contributed by atoms with Crippen molar-refractivity contribution in [3.63, 3.8) is 0 Å². The quantitative estimate of drug-likeness (QED) is 0.768. The summed E-state index contributed by atoms with van der Waals surface area (Å²) in [7, 11) is 0. The largest absolute Gasteiger partial charge is 0.481 e. The number of hydrogen-bond donors (Lipinski definition) is 3. The van der Waals surface area contributed by atoms with E-state index in [1.54, 1.807) is 6.92 Å². The molecule has 8 heteroatoms. The average Bonchev–Trinajstić information content (AvgIpc) is 2.46. The van der Waals surface area contributed by atoms with Gasteiger partial charge in [0.05, 0.1) is 12.2 Å². The molecule has 0 amide bonds. The molecule has 0 aromatic heterocycles. The maximum absolute atomic E-state index is 14.2. The highest BCUT2D eigenvalue weighted by Crippen LogP contribution is 2.39. The van der Waals surface area contributed by atoms with Crippen LogP contribution in [0.3, 0.4) is 0 Å². The van der Waals surface area contributed by atoms with Gasteiger partial charge >= 0.3 is 11.9 Å². The summed E-state index contributed by atoms with van der Waals surface area (Å²) in [5.74, 6) is -7.02. The third kappa shape index (κ3) is 3.01. The van der Waals surface area contributed by atoms with Crippen molar-refractivity contribution in [1.29, 1.82) is 0 Å². The zero-order valence-electron chi connectivity index (χ0n) is 12.2. The van der Waals surface area contributed by atoms with Crippen LogP contribution in [0.5, 0.6) is 0 Å². The van der Waals surface area contributed by atoms with Gasteiger partial charge in [-0.1, -0.05) is 18.2 Å². The van der Waals surface area contributed by atoms with Gasteiger partial charge in [0.15, 0.2) is 0 Å². The van der Waals surface area contributed by atoms with Crippen molar-refractivity contribution in [3.8, 4) is 0 Å². The van der Waals surface area contributed by atoms with Crippen molar-refractivity contribution in [1.82, 2.24) is 0 Å². The van der Waals surface area contributed by atoms with E-state index in [0.29, 0.717) is 0 Å². The Morgan fingerprint density at radius 1 is 1.35 bits per heavy atom. The number of carboxylic acids is 2. The van der Waals surface area contributed by atoms with Crippen LogP contribution in [0.2, 0.25) is 0 Å². The Balaban J connectivity index is 2.71. The molecule has 1 aliphatic heterocycles. The average molecular weight is 322 g/mol. The summed E-state index contributed by atoms with van der Waals surface area (Å²) in [5, 5.41) is 18.9. The molecule has 122 valence electrons. The van der Waals surface area contributed by atoms with Gasteiger partial charge < -0.3 is 20.7 Å². The van der Waals surface area contributed by atoms with E-state index >= 15 is 0 Å². The molecular formula is C15H15FN2O5. The number of aliphatic imine (C=N–C) groups is 1. The Bertz CT molecular complexity index is 714. The van der Waals surface area contributed by atoms with Crippen molar-refractivity contribution in [3.05, 3.63) is 47.0 Å². The van der Waals surface area contributed by atoms with Gasteiger partial charge in [-0.3, -0.25) is 4.79 Å². The summed E-state index contributed by atoms with van der Waals surface area (Å²) >= 11 is 0. The number of rotatable bonds is 4. The molecule has 2 unspecified atom stereocenters. The number of nitrogens with two attached hydrogens (primary N) is 1. The molecule has 2 rings (SSSR count). The van der Waals surface area contributed by atoms with E-state index in [0.717, 1.165) is 6.07 Å². The zero-order chi connectivity index (χ0) is 17.1. The first-order valence-corrected chi connectivity index (χ1v) is 6.80. The van der Waals surface area contributed by atoms with Crippen LogP contribution < -0.4 is 5.73 Å². The second kappa shape index (κ2) is 6.47. The number of halogens is 1. The first-order valence-electron chi connectivity index (χ1n) is 6.80. The number of hydrogen-bond acceptors (Lipinski definition) is 5. The van der Waals surface area contributed by atoms with Gasteiger partial charge in [0.25, 0.3) is 0 Å². The summed E-state index contributed by atoms with van der Waals surface area (Å²) in [6, 6.07) is 5.35. The first-order chi connectivity index (χ1) is 10.9. The zero-order valence-corrected chi connectivity index (χ0v) is 12.2. The molecule has 1 aliphatic rings. The second-order valence-corrected chi connectivity index (χ2v) is 4.80. The highest BCUT2D eigenvalue weighted by molar-refractivity contribution is 6.03. The highest BCUT2D eigenvalue weighted by atomic mass is 19.1. The molecule has 0 spiro atoms. The van der Waals surface area contributed by atoms with Crippen LogP contribution in [0.25, 0.3) is 0 Å². The highest BCUT2D eigenvalue weighted by Gasteiger charge is 2.45. The van der Waals surface area contributed by atoms with Crippen LogP contribution in [-0.4, -0.2) is 34.7 Å². The molecule has 0 fully saturated rings. The predicted octanol–water partition coefficient (Wildman–Crippen LogP) is 1.31. The maximum Gasteiger partial charge on any atom is 0.335 e. The molecule has 0 radical (unpaired) electrons. The normalized spacial score (nSPS) is 20.9. The Morgan fingerprint density at radius 3 is 2.52 bits per heavy atom. The van der Waals surface area contributed by atoms with E-state index in [-0.39, 0.29) is 18.1 Å². The van der Waals surface area contributed by atoms with E-state index < -0.39 is 41.0 Å². The lowest BCUT2D eigenvalue weighted by molar-refractivity contribution is -0.140. The fourth-order valence-electron chi connectivity index (χ4n) is 2.54. The number of ether oxygens (including phenoxy) is 1. The van der Waals surface area contributed by atoms with E-state index in [1.165, 1.54) is 18.2 Å². The standard InChI is InChI=1S/C15H15FN2O5/c1-2-23-13-11(15(21)22)9(7-5-3-4-6-8(7)16)10(14(19)20)12(17)18-13/h3-6,9,11H,2,17H2,1H3,(H,19,20)(H,21,22). The molecule has 1 aromatic rings. The third-order valence-corrected chi connectivity index (χ3v) is 3.45. The molecule has 4 N–H and O–H groups in total. The third-order valence-electron chi connectivity index (χ3n) is 3.45. The van der Waals surface area contributed by atoms with E-state index in [4.69, 9.17) is 10.5 Å². The molecule has 0 saturated heterocycles. The Hall–Kier alpha value is -2.90. The number of benzene rings is 1. The summed E-state index contributed by atoms with van der Waals surface area (Å²) < 4.78 is 19.3. The van der Waals surface area contributed by atoms with E-state index in [2.05, 4.69) is 4.99 Å². The molecule has 1 heterocycles. The molecule has 2 atom stereocenters. The molecular weight excluding hydrogens is 307 g/mol. The van der Waals surface area contributed by atoms with Crippen LogP contribution >= 0.6 is 0 Å². The molecule has 23 heavy (non-hydrogen) atoms. The number of carboxylic acid groups (broad SMARTS) is 2. The minimum absolute atomic E-state index is 0.0904. The number of nitrogens with zero attached hydrogens (tertiary/aromatic N) is 1. The summed E-state index contributed by atoms with van der Waals surface area (Å²) in [4.78, 5) is 26.9. The molecule has 1 aromatic carbocycles. The van der Waals surface area contributed by atoms with Gasteiger partial charge in [0, 0.05) is 5.92 Å². The SMILES string of the molecule is CCOC1=NC(N)=C(C(=O)O)C(c2ccccc2F)C1C(=O)O. The first kappa shape index (κ1) is 16.5. The lowest BCUT2D eigenvalue weighted by Crippen LogP contribution is -2.39. The monoisotopic (exact) mass is 322 g/mol. The van der Waals surface area contributed by atoms with Gasteiger partial charge in [-0.15, -0.1) is 0 Å². The van der Waals surface area contributed by atoms with Crippen molar-refractivity contribution >= 4 is 17.8 Å². The van der Waals surface area contributed by atoms with Gasteiger partial charge in [-0.05, 0) is 18.6 Å². The predicted molar refractivity (Wildman–Crippen MR) is 78.2 cm³/mol. The van der Waals surface area contributed by atoms with E-state index in [1.807, 2.05) is 0 Å². The van der Waals surface area contributed by atoms with Gasteiger partial charge in [-0.25, -0.2) is 9.18 Å².